The highest BCUT2D eigenvalue weighted by molar-refractivity contribution is 7.91. The molecule has 0 saturated carbocycles. The van der Waals surface area contributed by atoms with Crippen molar-refractivity contribution < 1.29 is 17.9 Å². The zero-order valence-corrected chi connectivity index (χ0v) is 20.1. The lowest BCUT2D eigenvalue weighted by molar-refractivity contribution is 0.0981. The zero-order valence-electron chi connectivity index (χ0n) is 19.3. The summed E-state index contributed by atoms with van der Waals surface area (Å²) in [4.78, 5) is 12.9. The number of nitrogens with zero attached hydrogens (tertiary/aromatic N) is 2. The Hall–Kier alpha value is -3.13. The molecule has 3 aromatic rings. The van der Waals surface area contributed by atoms with Crippen LogP contribution in [-0.4, -0.2) is 35.5 Å². The van der Waals surface area contributed by atoms with E-state index in [0.29, 0.717) is 23.7 Å². The molecular formula is C25H29N3O4S. The minimum absolute atomic E-state index is 0.301. The number of fused-ring (bicyclic) bond motifs is 1. The van der Waals surface area contributed by atoms with Gasteiger partial charge in [-0.05, 0) is 68.5 Å². The zero-order chi connectivity index (χ0) is 23.8. The Balaban J connectivity index is 1.57. The molecular weight excluding hydrogens is 438 g/mol. The van der Waals surface area contributed by atoms with Crippen molar-refractivity contribution in [3.63, 3.8) is 0 Å². The van der Waals surface area contributed by atoms with Gasteiger partial charge in [0.05, 0.1) is 11.4 Å². The first kappa shape index (κ1) is 23.0. The van der Waals surface area contributed by atoms with E-state index in [0.717, 1.165) is 29.7 Å². The van der Waals surface area contributed by atoms with E-state index in [1.54, 1.807) is 39.1 Å². The number of aromatic nitrogens is 2. The first-order chi connectivity index (χ1) is 15.5. The maximum atomic E-state index is 12.9. The van der Waals surface area contributed by atoms with Crippen LogP contribution in [0, 0.1) is 5.92 Å². The number of hydrogen-bond acceptors (Lipinski definition) is 5. The third-order valence-corrected chi connectivity index (χ3v) is 8.05. The molecule has 2 aromatic carbocycles. The van der Waals surface area contributed by atoms with Gasteiger partial charge in [-0.2, -0.15) is 5.10 Å². The predicted octanol–water partition coefficient (Wildman–Crippen LogP) is 3.74. The molecule has 1 aromatic heterocycles. The summed E-state index contributed by atoms with van der Waals surface area (Å²) in [6, 6.07) is 14.9. The van der Waals surface area contributed by atoms with Crippen molar-refractivity contribution in [2.24, 2.45) is 13.0 Å². The largest absolute Gasteiger partial charge is 0.493 e. The molecule has 1 N–H and O–H groups in total. The van der Waals surface area contributed by atoms with Crippen LogP contribution in [0.5, 0.6) is 5.75 Å². The maximum absolute atomic E-state index is 12.9. The van der Waals surface area contributed by atoms with Crippen LogP contribution in [-0.2, 0) is 29.9 Å². The Morgan fingerprint density at radius 2 is 1.94 bits per heavy atom. The highest BCUT2D eigenvalue weighted by Gasteiger charge is 2.31. The Kier molecular flexibility index (Phi) is 6.05. The van der Waals surface area contributed by atoms with Crippen LogP contribution in [0.15, 0.2) is 54.7 Å². The summed E-state index contributed by atoms with van der Waals surface area (Å²) in [6.07, 6.45) is 3.59. The van der Waals surface area contributed by atoms with Crippen molar-refractivity contribution in [3.8, 4) is 16.9 Å². The maximum Gasteiger partial charge on any atom is 0.265 e. The van der Waals surface area contributed by atoms with Crippen molar-refractivity contribution >= 4 is 15.9 Å². The summed E-state index contributed by atoms with van der Waals surface area (Å²) in [6.45, 7) is 5.26. The molecule has 1 amide bonds. The van der Waals surface area contributed by atoms with Gasteiger partial charge in [0.2, 0.25) is 10.0 Å². The Morgan fingerprint density at radius 1 is 1.18 bits per heavy atom. The van der Waals surface area contributed by atoms with Crippen LogP contribution < -0.4 is 9.46 Å². The molecule has 0 fully saturated rings. The summed E-state index contributed by atoms with van der Waals surface area (Å²) in [5, 5.41) is 4.24. The fraction of sp³-hybridized carbons (Fsp3) is 0.360. The van der Waals surface area contributed by atoms with Crippen LogP contribution >= 0.6 is 0 Å². The molecule has 0 saturated heterocycles. The quantitative estimate of drug-likeness (QED) is 0.617. The lowest BCUT2D eigenvalue weighted by Gasteiger charge is -2.26. The second-order valence-corrected chi connectivity index (χ2v) is 11.9. The third kappa shape index (κ3) is 4.80. The van der Waals surface area contributed by atoms with Crippen molar-refractivity contribution in [2.75, 3.05) is 6.61 Å². The van der Waals surface area contributed by atoms with Gasteiger partial charge in [0.15, 0.2) is 0 Å². The second-order valence-electron chi connectivity index (χ2n) is 9.45. The molecule has 33 heavy (non-hydrogen) atoms. The molecule has 7 nitrogen and oxygen atoms in total. The minimum Gasteiger partial charge on any atom is -0.493 e. The average Bonchev–Trinajstić information content (AvgIpc) is 3.16. The summed E-state index contributed by atoms with van der Waals surface area (Å²) in [5.41, 5.74) is 4.05. The number of benzene rings is 2. The predicted molar refractivity (Wildman–Crippen MR) is 128 cm³/mol. The van der Waals surface area contributed by atoms with Crippen LogP contribution in [0.25, 0.3) is 11.1 Å². The standard InChI is InChI=1S/C25H29N3O4S/c1-25(2,3)33(30,31)27-24(29)22-8-6-5-7-21(22)18-9-10-19-13-17(16-32-23(19)15-18)14-20-11-12-26-28(20)4/h5-12,15,17H,13-14,16H2,1-4H3,(H,27,29). The van der Waals surface area contributed by atoms with Crippen molar-refractivity contribution in [1.82, 2.24) is 14.5 Å². The summed E-state index contributed by atoms with van der Waals surface area (Å²) < 4.78 is 34.1. The monoisotopic (exact) mass is 467 g/mol. The van der Waals surface area contributed by atoms with Crippen molar-refractivity contribution in [3.05, 3.63) is 71.5 Å². The van der Waals surface area contributed by atoms with Crippen molar-refractivity contribution in [2.45, 2.75) is 38.4 Å². The smallest absolute Gasteiger partial charge is 0.265 e. The van der Waals surface area contributed by atoms with E-state index in [4.69, 9.17) is 4.74 Å². The van der Waals surface area contributed by atoms with Gasteiger partial charge >= 0.3 is 0 Å². The number of aryl methyl sites for hydroxylation is 1. The summed E-state index contributed by atoms with van der Waals surface area (Å²) >= 11 is 0. The fourth-order valence-electron chi connectivity index (χ4n) is 3.89. The first-order valence-electron chi connectivity index (χ1n) is 10.9. The molecule has 0 spiro atoms. The van der Waals surface area contributed by atoms with E-state index >= 15 is 0 Å². The molecule has 0 aliphatic carbocycles. The minimum atomic E-state index is -3.82. The lowest BCUT2D eigenvalue weighted by atomic mass is 9.90. The van der Waals surface area contributed by atoms with E-state index in [1.807, 2.05) is 48.1 Å². The number of carbonyl (C=O) groups excluding carboxylic acids is 1. The molecule has 1 atom stereocenters. The average molecular weight is 468 g/mol. The van der Waals surface area contributed by atoms with Gasteiger partial charge in [0.1, 0.15) is 5.75 Å². The van der Waals surface area contributed by atoms with E-state index in [2.05, 4.69) is 9.82 Å². The van der Waals surface area contributed by atoms with Gasteiger partial charge in [-0.15, -0.1) is 0 Å². The Bertz CT molecular complexity index is 1290. The SMILES string of the molecule is Cn1nccc1CC1COc2cc(-c3ccccc3C(=O)NS(=O)(=O)C(C)(C)C)ccc2C1. The number of nitrogens with one attached hydrogen (secondary N) is 1. The number of carbonyl (C=O) groups is 1. The molecule has 0 bridgehead atoms. The number of ether oxygens (including phenoxy) is 1. The first-order valence-corrected chi connectivity index (χ1v) is 12.4. The van der Waals surface area contributed by atoms with Gasteiger partial charge in [-0.3, -0.25) is 9.48 Å². The van der Waals surface area contributed by atoms with Crippen molar-refractivity contribution in [1.29, 1.82) is 0 Å². The molecule has 2 heterocycles. The van der Waals surface area contributed by atoms with E-state index in [-0.39, 0.29) is 0 Å². The molecule has 174 valence electrons. The topological polar surface area (TPSA) is 90.3 Å². The highest BCUT2D eigenvalue weighted by Crippen LogP contribution is 2.34. The van der Waals surface area contributed by atoms with Gasteiger partial charge in [-0.1, -0.05) is 30.3 Å². The number of rotatable bonds is 5. The lowest BCUT2D eigenvalue weighted by Crippen LogP contribution is -2.42. The molecule has 4 rings (SSSR count). The third-order valence-electron chi connectivity index (χ3n) is 5.99. The second kappa shape index (κ2) is 8.67. The number of amides is 1. The summed E-state index contributed by atoms with van der Waals surface area (Å²) in [7, 11) is -1.88. The van der Waals surface area contributed by atoms with E-state index < -0.39 is 20.7 Å². The van der Waals surface area contributed by atoms with Crippen LogP contribution in [0.2, 0.25) is 0 Å². The Morgan fingerprint density at radius 3 is 2.64 bits per heavy atom. The molecule has 1 aliphatic rings. The van der Waals surface area contributed by atoms with Gasteiger partial charge in [-0.25, -0.2) is 13.1 Å². The van der Waals surface area contributed by atoms with E-state index in [9.17, 15) is 13.2 Å². The molecule has 8 heteroatoms. The molecule has 0 radical (unpaired) electrons. The van der Waals surface area contributed by atoms with Crippen LogP contribution in [0.4, 0.5) is 0 Å². The summed E-state index contributed by atoms with van der Waals surface area (Å²) in [5.74, 6) is 0.515. The van der Waals surface area contributed by atoms with Gasteiger partial charge in [0.25, 0.3) is 5.91 Å². The Labute approximate surface area is 194 Å². The fourth-order valence-corrected chi connectivity index (χ4v) is 4.55. The van der Waals surface area contributed by atoms with E-state index in [1.165, 1.54) is 5.69 Å². The highest BCUT2D eigenvalue weighted by atomic mass is 32.2. The molecule has 1 unspecified atom stereocenters. The van der Waals surface area contributed by atoms with Crippen LogP contribution in [0.1, 0.15) is 42.4 Å². The van der Waals surface area contributed by atoms with Gasteiger partial charge < -0.3 is 4.74 Å². The number of sulfonamides is 1. The van der Waals surface area contributed by atoms with Crippen LogP contribution in [0.3, 0.4) is 0 Å². The number of hydrogen-bond donors (Lipinski definition) is 1. The normalized spacial score (nSPS) is 16.1. The van der Waals surface area contributed by atoms with Gasteiger partial charge in [0, 0.05) is 30.4 Å². The molecule has 1 aliphatic heterocycles.